The Morgan fingerprint density at radius 1 is 1.13 bits per heavy atom. The second kappa shape index (κ2) is 5.64. The number of methoxy groups -OCH3 is 1. The smallest absolute Gasteiger partial charge is 0.247 e. The summed E-state index contributed by atoms with van der Waals surface area (Å²) in [6, 6.07) is 8.32. The van der Waals surface area contributed by atoms with E-state index in [9.17, 15) is 9.59 Å². The molecule has 1 aromatic carbocycles. The lowest BCUT2D eigenvalue weighted by Gasteiger charge is -2.27. The Morgan fingerprint density at radius 2 is 1.83 bits per heavy atom. The molecular weight excluding hydrogens is 292 g/mol. The monoisotopic (exact) mass is 314 g/mol. The van der Waals surface area contributed by atoms with Crippen LogP contribution in [-0.2, 0) is 16.1 Å². The van der Waals surface area contributed by atoms with Crippen LogP contribution < -0.4 is 4.74 Å². The Labute approximate surface area is 136 Å². The van der Waals surface area contributed by atoms with Crippen LogP contribution in [0.1, 0.15) is 37.7 Å². The van der Waals surface area contributed by atoms with E-state index in [2.05, 4.69) is 4.90 Å². The fraction of sp³-hybridized carbons (Fsp3) is 0.556. The zero-order valence-corrected chi connectivity index (χ0v) is 13.4. The molecule has 0 bridgehead atoms. The molecule has 0 unspecified atom stereocenters. The summed E-state index contributed by atoms with van der Waals surface area (Å²) in [6.07, 6.45) is 4.55. The molecule has 2 amide bonds. The highest BCUT2D eigenvalue weighted by molar-refractivity contribution is 6.06. The predicted molar refractivity (Wildman–Crippen MR) is 84.8 cm³/mol. The van der Waals surface area contributed by atoms with Gasteiger partial charge in [-0.05, 0) is 43.4 Å². The summed E-state index contributed by atoms with van der Waals surface area (Å²) in [5.74, 6) is 0.875. The average molecular weight is 314 g/mol. The van der Waals surface area contributed by atoms with E-state index in [0.29, 0.717) is 12.5 Å². The first-order valence-corrected chi connectivity index (χ1v) is 8.42. The second-order valence-corrected chi connectivity index (χ2v) is 6.80. The van der Waals surface area contributed by atoms with Gasteiger partial charge in [0.1, 0.15) is 5.75 Å². The minimum atomic E-state index is -0.266. The molecule has 3 aliphatic rings. The average Bonchev–Trinajstić information content (AvgIpc) is 3.45. The van der Waals surface area contributed by atoms with Gasteiger partial charge in [0.05, 0.1) is 19.6 Å². The van der Waals surface area contributed by atoms with E-state index in [1.54, 1.807) is 7.11 Å². The van der Waals surface area contributed by atoms with Gasteiger partial charge in [0.2, 0.25) is 11.8 Å². The maximum Gasteiger partial charge on any atom is 0.247 e. The molecule has 0 aromatic heterocycles. The number of ether oxygens (including phenoxy) is 1. The van der Waals surface area contributed by atoms with Crippen molar-refractivity contribution >= 4 is 11.8 Å². The van der Waals surface area contributed by atoms with Gasteiger partial charge < -0.3 is 4.74 Å². The van der Waals surface area contributed by atoms with E-state index in [1.807, 2.05) is 24.3 Å². The summed E-state index contributed by atoms with van der Waals surface area (Å²) in [5, 5.41) is 0. The lowest BCUT2D eigenvalue weighted by molar-refractivity contribution is -0.140. The molecule has 0 spiro atoms. The van der Waals surface area contributed by atoms with Crippen molar-refractivity contribution in [3.8, 4) is 5.75 Å². The number of hydrogen-bond donors (Lipinski definition) is 0. The first-order chi connectivity index (χ1) is 11.2. The molecule has 122 valence electrons. The van der Waals surface area contributed by atoms with E-state index < -0.39 is 0 Å². The Hall–Kier alpha value is -1.88. The number of amides is 2. The molecule has 1 saturated heterocycles. The van der Waals surface area contributed by atoms with Crippen molar-refractivity contribution in [2.45, 2.75) is 56.8 Å². The lowest BCUT2D eigenvalue weighted by Crippen LogP contribution is -2.43. The molecular formula is C18H22N2O3. The number of nitrogens with zero attached hydrogens (tertiary/aromatic N) is 2. The minimum Gasteiger partial charge on any atom is -0.497 e. The summed E-state index contributed by atoms with van der Waals surface area (Å²) in [7, 11) is 1.65. The Balaban J connectivity index is 1.51. The molecule has 1 atom stereocenters. The fourth-order valence-corrected chi connectivity index (χ4v) is 3.45. The molecule has 0 radical (unpaired) electrons. The molecule has 1 aromatic rings. The molecule has 3 fully saturated rings. The quantitative estimate of drug-likeness (QED) is 0.753. The van der Waals surface area contributed by atoms with Gasteiger partial charge in [-0.1, -0.05) is 12.1 Å². The number of imide groups is 1. The topological polar surface area (TPSA) is 49.9 Å². The van der Waals surface area contributed by atoms with Crippen LogP contribution in [0.15, 0.2) is 24.3 Å². The number of likely N-dealkylation sites (tertiary alicyclic amines) is 1. The molecule has 0 N–H and O–H groups in total. The number of benzene rings is 1. The van der Waals surface area contributed by atoms with Crippen LogP contribution in [0, 0.1) is 0 Å². The van der Waals surface area contributed by atoms with Crippen LogP contribution in [0.2, 0.25) is 0 Å². The zero-order chi connectivity index (χ0) is 16.0. The Morgan fingerprint density at radius 3 is 2.39 bits per heavy atom. The van der Waals surface area contributed by atoms with E-state index in [-0.39, 0.29) is 23.9 Å². The SMILES string of the molecule is COc1ccc(CN(C2CC2)[C@H]2CC(=O)N(C3CC3)C2=O)cc1. The molecule has 2 aliphatic carbocycles. The molecule has 23 heavy (non-hydrogen) atoms. The number of hydrogen-bond acceptors (Lipinski definition) is 4. The van der Waals surface area contributed by atoms with Crippen LogP contribution in [0.25, 0.3) is 0 Å². The number of carbonyl (C=O) groups is 2. The predicted octanol–water partition coefficient (Wildman–Crippen LogP) is 1.95. The van der Waals surface area contributed by atoms with Gasteiger partial charge in [-0.25, -0.2) is 0 Å². The summed E-state index contributed by atoms with van der Waals surface area (Å²) in [5.41, 5.74) is 1.16. The third-order valence-electron chi connectivity index (χ3n) is 5.01. The molecule has 1 aliphatic heterocycles. The standard InChI is InChI=1S/C18H22N2O3/c1-23-15-8-2-12(3-9-15)11-19(13-4-5-13)16-10-17(21)20(18(16)22)14-6-7-14/h2-3,8-9,13-14,16H,4-7,10-11H2,1H3/t16-/m0/s1. The minimum absolute atomic E-state index is 0.0166. The third-order valence-corrected chi connectivity index (χ3v) is 5.01. The van der Waals surface area contributed by atoms with E-state index in [1.165, 1.54) is 4.90 Å². The van der Waals surface area contributed by atoms with Gasteiger partial charge in [-0.15, -0.1) is 0 Å². The van der Waals surface area contributed by atoms with Crippen molar-refractivity contribution in [1.29, 1.82) is 0 Å². The summed E-state index contributed by atoms with van der Waals surface area (Å²) in [4.78, 5) is 28.7. The molecule has 4 rings (SSSR count). The summed E-state index contributed by atoms with van der Waals surface area (Å²) >= 11 is 0. The maximum absolute atomic E-state index is 12.7. The molecule has 5 heteroatoms. The lowest BCUT2D eigenvalue weighted by atomic mass is 10.1. The van der Waals surface area contributed by atoms with Gasteiger partial charge >= 0.3 is 0 Å². The fourth-order valence-electron chi connectivity index (χ4n) is 3.45. The van der Waals surface area contributed by atoms with Crippen LogP contribution >= 0.6 is 0 Å². The van der Waals surface area contributed by atoms with E-state index >= 15 is 0 Å². The van der Waals surface area contributed by atoms with Crippen molar-refractivity contribution in [1.82, 2.24) is 9.80 Å². The van der Waals surface area contributed by atoms with E-state index in [4.69, 9.17) is 4.74 Å². The first kappa shape index (κ1) is 14.7. The summed E-state index contributed by atoms with van der Waals surface area (Å²) < 4.78 is 5.19. The number of rotatable bonds is 6. The molecule has 2 saturated carbocycles. The van der Waals surface area contributed by atoms with E-state index in [0.717, 1.165) is 43.5 Å². The summed E-state index contributed by atoms with van der Waals surface area (Å²) in [6.45, 7) is 0.719. The highest BCUT2D eigenvalue weighted by atomic mass is 16.5. The van der Waals surface area contributed by atoms with Gasteiger partial charge in [-0.2, -0.15) is 0 Å². The molecule has 1 heterocycles. The maximum atomic E-state index is 12.7. The first-order valence-electron chi connectivity index (χ1n) is 8.42. The van der Waals surface area contributed by atoms with Gasteiger partial charge in [0, 0.05) is 18.6 Å². The highest BCUT2D eigenvalue weighted by Gasteiger charge is 2.50. The van der Waals surface area contributed by atoms with Crippen molar-refractivity contribution < 1.29 is 14.3 Å². The largest absolute Gasteiger partial charge is 0.497 e. The van der Waals surface area contributed by atoms with Crippen LogP contribution in [0.3, 0.4) is 0 Å². The van der Waals surface area contributed by atoms with Crippen molar-refractivity contribution in [3.05, 3.63) is 29.8 Å². The van der Waals surface area contributed by atoms with Gasteiger partial charge in [0.15, 0.2) is 0 Å². The Kier molecular flexibility index (Phi) is 3.60. The third kappa shape index (κ3) is 2.85. The van der Waals surface area contributed by atoms with Gasteiger partial charge in [-0.3, -0.25) is 19.4 Å². The van der Waals surface area contributed by atoms with Crippen molar-refractivity contribution in [2.24, 2.45) is 0 Å². The normalized spacial score (nSPS) is 24.6. The van der Waals surface area contributed by atoms with Crippen molar-refractivity contribution in [2.75, 3.05) is 7.11 Å². The molecule has 5 nitrogen and oxygen atoms in total. The van der Waals surface area contributed by atoms with Crippen LogP contribution in [0.4, 0.5) is 0 Å². The Bertz CT molecular complexity index is 620. The van der Waals surface area contributed by atoms with Crippen LogP contribution in [-0.4, -0.2) is 46.8 Å². The second-order valence-electron chi connectivity index (χ2n) is 6.80. The number of carbonyl (C=O) groups excluding carboxylic acids is 2. The van der Waals surface area contributed by atoms with Gasteiger partial charge in [0.25, 0.3) is 0 Å². The van der Waals surface area contributed by atoms with Crippen molar-refractivity contribution in [3.63, 3.8) is 0 Å². The van der Waals surface area contributed by atoms with Crippen LogP contribution in [0.5, 0.6) is 5.75 Å². The highest BCUT2D eigenvalue weighted by Crippen LogP contribution is 2.37. The zero-order valence-electron chi connectivity index (χ0n) is 13.4.